The smallest absolute Gasteiger partial charge is 0.228 e. The van der Waals surface area contributed by atoms with E-state index in [0.29, 0.717) is 11.6 Å². The fourth-order valence-electron chi connectivity index (χ4n) is 4.96. The van der Waals surface area contributed by atoms with Crippen LogP contribution in [0.5, 0.6) is 0 Å². The normalized spacial score (nSPS) is 18.1. The lowest BCUT2D eigenvalue weighted by atomic mass is 10.2. The van der Waals surface area contributed by atoms with Gasteiger partial charge in [-0.05, 0) is 49.4 Å². The van der Waals surface area contributed by atoms with Gasteiger partial charge in [-0.2, -0.15) is 4.98 Å². The van der Waals surface area contributed by atoms with Gasteiger partial charge in [0.2, 0.25) is 5.95 Å². The zero-order valence-corrected chi connectivity index (χ0v) is 19.3. The molecular formula is C25H31ClFN5. The Morgan fingerprint density at radius 2 is 1.47 bits per heavy atom. The van der Waals surface area contributed by atoms with Crippen LogP contribution in [-0.4, -0.2) is 40.7 Å². The summed E-state index contributed by atoms with van der Waals surface area (Å²) in [5, 5.41) is 0.449. The maximum Gasteiger partial charge on any atom is 0.228 e. The SMILES string of the molecule is Fc1ccc(Cn2ccc3nc(N4CCCCCC4)nc(N4CCCCCC4)c32)c(Cl)c1. The molecule has 0 bridgehead atoms. The Morgan fingerprint density at radius 3 is 2.12 bits per heavy atom. The Hall–Kier alpha value is -2.34. The highest BCUT2D eigenvalue weighted by Gasteiger charge is 2.22. The minimum atomic E-state index is -0.313. The molecule has 0 unspecified atom stereocenters. The van der Waals surface area contributed by atoms with Gasteiger partial charge in [-0.3, -0.25) is 0 Å². The molecule has 4 heterocycles. The number of anilines is 2. The van der Waals surface area contributed by atoms with Crippen LogP contribution in [0.1, 0.15) is 56.9 Å². The van der Waals surface area contributed by atoms with Gasteiger partial charge in [0.05, 0.1) is 5.52 Å². The third-order valence-corrected chi connectivity index (χ3v) is 7.08. The third-order valence-electron chi connectivity index (χ3n) is 6.73. The number of hydrogen-bond donors (Lipinski definition) is 0. The molecule has 2 saturated heterocycles. The van der Waals surface area contributed by atoms with Gasteiger partial charge < -0.3 is 14.4 Å². The number of benzene rings is 1. The molecule has 0 atom stereocenters. The molecule has 0 radical (unpaired) electrons. The van der Waals surface area contributed by atoms with Gasteiger partial charge in [-0.15, -0.1) is 0 Å². The van der Waals surface area contributed by atoms with E-state index in [1.807, 2.05) is 0 Å². The van der Waals surface area contributed by atoms with E-state index in [1.54, 1.807) is 6.07 Å². The summed E-state index contributed by atoms with van der Waals surface area (Å²) in [4.78, 5) is 15.0. The molecule has 2 aromatic heterocycles. The van der Waals surface area contributed by atoms with Crippen LogP contribution in [0, 0.1) is 5.82 Å². The second-order valence-corrected chi connectivity index (χ2v) is 9.47. The summed E-state index contributed by atoms with van der Waals surface area (Å²) in [7, 11) is 0. The van der Waals surface area contributed by atoms with Gasteiger partial charge in [0, 0.05) is 43.9 Å². The summed E-state index contributed by atoms with van der Waals surface area (Å²) in [6, 6.07) is 6.70. The molecule has 0 spiro atoms. The maximum atomic E-state index is 13.6. The van der Waals surface area contributed by atoms with Crippen molar-refractivity contribution in [3.8, 4) is 0 Å². The van der Waals surface area contributed by atoms with Gasteiger partial charge in [0.15, 0.2) is 5.82 Å². The highest BCUT2D eigenvalue weighted by molar-refractivity contribution is 6.31. The average molecular weight is 456 g/mol. The highest BCUT2D eigenvalue weighted by atomic mass is 35.5. The Labute approximate surface area is 194 Å². The van der Waals surface area contributed by atoms with Crippen LogP contribution in [0.25, 0.3) is 11.0 Å². The van der Waals surface area contributed by atoms with E-state index in [0.717, 1.165) is 54.5 Å². The van der Waals surface area contributed by atoms with Gasteiger partial charge in [0.25, 0.3) is 0 Å². The van der Waals surface area contributed by atoms with E-state index in [2.05, 4.69) is 26.6 Å². The zero-order valence-electron chi connectivity index (χ0n) is 18.6. The second-order valence-electron chi connectivity index (χ2n) is 9.06. The van der Waals surface area contributed by atoms with Crippen molar-refractivity contribution in [3.63, 3.8) is 0 Å². The first kappa shape index (κ1) is 21.5. The quantitative estimate of drug-likeness (QED) is 0.481. The fraction of sp³-hybridized carbons (Fsp3) is 0.520. The van der Waals surface area contributed by atoms with Crippen molar-refractivity contribution in [1.82, 2.24) is 14.5 Å². The Bertz CT molecular complexity index is 1070. The molecule has 7 heteroatoms. The van der Waals surface area contributed by atoms with Crippen molar-refractivity contribution in [2.75, 3.05) is 36.0 Å². The molecule has 0 amide bonds. The summed E-state index contributed by atoms with van der Waals surface area (Å²) in [6.07, 6.45) is 12.0. The molecular weight excluding hydrogens is 425 g/mol. The number of rotatable bonds is 4. The van der Waals surface area contributed by atoms with Gasteiger partial charge >= 0.3 is 0 Å². The van der Waals surface area contributed by atoms with E-state index in [1.165, 1.54) is 63.5 Å². The monoisotopic (exact) mass is 455 g/mol. The molecule has 2 aliphatic rings. The van der Waals surface area contributed by atoms with E-state index in [9.17, 15) is 4.39 Å². The molecule has 0 aliphatic carbocycles. The molecule has 170 valence electrons. The topological polar surface area (TPSA) is 37.2 Å². The third kappa shape index (κ3) is 4.56. The molecule has 1 aromatic carbocycles. The van der Waals surface area contributed by atoms with Crippen LogP contribution in [0.4, 0.5) is 16.2 Å². The predicted molar refractivity (Wildman–Crippen MR) is 129 cm³/mol. The lowest BCUT2D eigenvalue weighted by molar-refractivity contribution is 0.626. The lowest BCUT2D eigenvalue weighted by Crippen LogP contribution is -2.29. The summed E-state index contributed by atoms with van der Waals surface area (Å²) in [6.45, 7) is 4.66. The first-order valence-corrected chi connectivity index (χ1v) is 12.4. The van der Waals surface area contributed by atoms with Crippen molar-refractivity contribution in [3.05, 3.63) is 46.9 Å². The van der Waals surface area contributed by atoms with Crippen LogP contribution in [0.2, 0.25) is 5.02 Å². The summed E-state index contributed by atoms with van der Waals surface area (Å²) in [5.41, 5.74) is 2.91. The van der Waals surface area contributed by atoms with Crippen LogP contribution in [0.15, 0.2) is 30.5 Å². The average Bonchev–Trinajstić information content (AvgIpc) is 3.01. The summed E-state index contributed by atoms with van der Waals surface area (Å²) < 4.78 is 15.7. The molecule has 3 aromatic rings. The van der Waals surface area contributed by atoms with Gasteiger partial charge in [0.1, 0.15) is 11.3 Å². The summed E-state index contributed by atoms with van der Waals surface area (Å²) in [5.74, 6) is 1.57. The molecule has 5 rings (SSSR count). The first-order valence-electron chi connectivity index (χ1n) is 12.0. The minimum Gasteiger partial charge on any atom is -0.355 e. The zero-order chi connectivity index (χ0) is 21.9. The number of fused-ring (bicyclic) bond motifs is 1. The first-order chi connectivity index (χ1) is 15.7. The summed E-state index contributed by atoms with van der Waals surface area (Å²) >= 11 is 6.35. The Kier molecular flexibility index (Phi) is 6.49. The maximum absolute atomic E-state index is 13.6. The van der Waals surface area contributed by atoms with Crippen LogP contribution in [0.3, 0.4) is 0 Å². The number of aromatic nitrogens is 3. The van der Waals surface area contributed by atoms with Crippen molar-refractivity contribution >= 4 is 34.4 Å². The number of halogens is 2. The van der Waals surface area contributed by atoms with Crippen molar-refractivity contribution < 1.29 is 4.39 Å². The fourth-order valence-corrected chi connectivity index (χ4v) is 5.18. The van der Waals surface area contributed by atoms with Crippen molar-refractivity contribution in [1.29, 1.82) is 0 Å². The largest absolute Gasteiger partial charge is 0.355 e. The van der Waals surface area contributed by atoms with E-state index < -0.39 is 0 Å². The number of hydrogen-bond acceptors (Lipinski definition) is 4. The molecule has 0 N–H and O–H groups in total. The highest BCUT2D eigenvalue weighted by Crippen LogP contribution is 2.31. The van der Waals surface area contributed by atoms with Crippen LogP contribution in [-0.2, 0) is 6.54 Å². The standard InChI is InChI=1S/C25H31ClFN5/c26-21-17-20(27)10-9-19(21)18-32-16-11-22-23(32)24(30-12-5-1-2-6-13-30)29-25(28-22)31-14-7-3-4-8-15-31/h9-11,16-17H,1-8,12-15,18H2. The van der Waals surface area contributed by atoms with E-state index in [4.69, 9.17) is 21.6 Å². The molecule has 5 nitrogen and oxygen atoms in total. The molecule has 2 fully saturated rings. The molecule has 2 aliphatic heterocycles. The van der Waals surface area contributed by atoms with Crippen LogP contribution < -0.4 is 9.80 Å². The molecule has 0 saturated carbocycles. The van der Waals surface area contributed by atoms with Gasteiger partial charge in [-0.25, -0.2) is 9.37 Å². The van der Waals surface area contributed by atoms with Crippen LogP contribution >= 0.6 is 11.6 Å². The predicted octanol–water partition coefficient (Wildman–Crippen LogP) is 6.03. The minimum absolute atomic E-state index is 0.313. The van der Waals surface area contributed by atoms with Gasteiger partial charge in [-0.1, -0.05) is 43.4 Å². The second kappa shape index (κ2) is 9.65. The van der Waals surface area contributed by atoms with Crippen molar-refractivity contribution in [2.24, 2.45) is 0 Å². The lowest BCUT2D eigenvalue weighted by Gasteiger charge is -2.26. The van der Waals surface area contributed by atoms with Crippen molar-refractivity contribution in [2.45, 2.75) is 57.9 Å². The Morgan fingerprint density at radius 1 is 0.812 bits per heavy atom. The van der Waals surface area contributed by atoms with E-state index >= 15 is 0 Å². The molecule has 32 heavy (non-hydrogen) atoms. The van der Waals surface area contributed by atoms with E-state index in [-0.39, 0.29) is 5.82 Å². The Balaban J connectivity index is 1.58. The number of nitrogens with zero attached hydrogens (tertiary/aromatic N) is 5.